The van der Waals surface area contributed by atoms with Gasteiger partial charge in [-0.25, -0.2) is 12.8 Å². The van der Waals surface area contributed by atoms with E-state index >= 15 is 0 Å². The van der Waals surface area contributed by atoms with Crippen LogP contribution in [-0.4, -0.2) is 31.2 Å². The van der Waals surface area contributed by atoms with Gasteiger partial charge in [-0.15, -0.1) is 0 Å². The van der Waals surface area contributed by atoms with Crippen LogP contribution in [0.3, 0.4) is 0 Å². The molecule has 1 heterocycles. The SMILES string of the molecule is Cc1ccc(S(=O)(=O)N2CCCC[C@@H]2CC(N)=O)c(F)c1. The van der Waals surface area contributed by atoms with Crippen LogP contribution in [0.25, 0.3) is 0 Å². The van der Waals surface area contributed by atoms with E-state index in [1.54, 1.807) is 13.0 Å². The summed E-state index contributed by atoms with van der Waals surface area (Å²) in [5.74, 6) is -1.31. The van der Waals surface area contributed by atoms with Crippen molar-refractivity contribution in [1.29, 1.82) is 0 Å². The number of sulfonamides is 1. The van der Waals surface area contributed by atoms with Gasteiger partial charge in [-0.1, -0.05) is 12.5 Å². The van der Waals surface area contributed by atoms with E-state index in [0.717, 1.165) is 6.42 Å². The highest BCUT2D eigenvalue weighted by atomic mass is 32.2. The van der Waals surface area contributed by atoms with Gasteiger partial charge in [-0.3, -0.25) is 4.79 Å². The minimum Gasteiger partial charge on any atom is -0.370 e. The average molecular weight is 314 g/mol. The van der Waals surface area contributed by atoms with Crippen LogP contribution < -0.4 is 5.73 Å². The third kappa shape index (κ3) is 3.41. The number of halogens is 1. The molecule has 7 heteroatoms. The van der Waals surface area contributed by atoms with E-state index < -0.39 is 27.8 Å². The lowest BCUT2D eigenvalue weighted by molar-refractivity contribution is -0.119. The van der Waals surface area contributed by atoms with Crippen molar-refractivity contribution in [1.82, 2.24) is 4.31 Å². The number of benzene rings is 1. The summed E-state index contributed by atoms with van der Waals surface area (Å²) in [5, 5.41) is 0. The van der Waals surface area contributed by atoms with Gasteiger partial charge >= 0.3 is 0 Å². The Hall–Kier alpha value is -1.47. The topological polar surface area (TPSA) is 80.5 Å². The number of carbonyl (C=O) groups is 1. The first kappa shape index (κ1) is 15.9. The van der Waals surface area contributed by atoms with Crippen LogP contribution in [0.4, 0.5) is 4.39 Å². The number of piperidine rings is 1. The van der Waals surface area contributed by atoms with Crippen molar-refractivity contribution in [2.45, 2.75) is 43.5 Å². The molecule has 0 saturated carbocycles. The van der Waals surface area contributed by atoms with E-state index in [4.69, 9.17) is 5.73 Å². The number of nitrogens with two attached hydrogens (primary N) is 1. The third-order valence-electron chi connectivity index (χ3n) is 3.68. The second-order valence-corrected chi connectivity index (χ2v) is 7.23. The van der Waals surface area contributed by atoms with E-state index in [0.29, 0.717) is 18.4 Å². The molecule has 1 aromatic rings. The number of primary amides is 1. The lowest BCUT2D eigenvalue weighted by Gasteiger charge is -2.34. The van der Waals surface area contributed by atoms with E-state index in [2.05, 4.69) is 0 Å². The lowest BCUT2D eigenvalue weighted by atomic mass is 10.0. The summed E-state index contributed by atoms with van der Waals surface area (Å²) in [5.41, 5.74) is 5.83. The highest BCUT2D eigenvalue weighted by molar-refractivity contribution is 7.89. The number of hydrogen-bond donors (Lipinski definition) is 1. The average Bonchev–Trinajstić information content (AvgIpc) is 2.37. The molecule has 0 radical (unpaired) electrons. The van der Waals surface area contributed by atoms with Gasteiger partial charge in [0.1, 0.15) is 10.7 Å². The van der Waals surface area contributed by atoms with E-state index in [9.17, 15) is 17.6 Å². The molecule has 0 unspecified atom stereocenters. The molecule has 1 aromatic carbocycles. The fourth-order valence-electron chi connectivity index (χ4n) is 2.67. The van der Waals surface area contributed by atoms with Crippen molar-refractivity contribution in [3.63, 3.8) is 0 Å². The fourth-order valence-corrected chi connectivity index (χ4v) is 4.41. The summed E-state index contributed by atoms with van der Waals surface area (Å²) < 4.78 is 40.5. The van der Waals surface area contributed by atoms with Gasteiger partial charge in [0, 0.05) is 19.0 Å². The Morgan fingerprint density at radius 2 is 2.14 bits per heavy atom. The van der Waals surface area contributed by atoms with Crippen LogP contribution >= 0.6 is 0 Å². The highest BCUT2D eigenvalue weighted by Crippen LogP contribution is 2.28. The van der Waals surface area contributed by atoms with Crippen molar-refractivity contribution in [3.05, 3.63) is 29.6 Å². The van der Waals surface area contributed by atoms with Crippen LogP contribution in [0.2, 0.25) is 0 Å². The summed E-state index contributed by atoms with van der Waals surface area (Å²) in [6.07, 6.45) is 2.06. The normalized spacial score (nSPS) is 20.4. The van der Waals surface area contributed by atoms with Crippen LogP contribution in [0.1, 0.15) is 31.2 Å². The minimum absolute atomic E-state index is 0.0350. The van der Waals surface area contributed by atoms with Crippen LogP contribution in [0.15, 0.2) is 23.1 Å². The molecule has 5 nitrogen and oxygen atoms in total. The lowest BCUT2D eigenvalue weighted by Crippen LogP contribution is -2.45. The Morgan fingerprint density at radius 3 is 2.76 bits per heavy atom. The maximum Gasteiger partial charge on any atom is 0.246 e. The largest absolute Gasteiger partial charge is 0.370 e. The molecule has 116 valence electrons. The van der Waals surface area contributed by atoms with Gasteiger partial charge in [0.2, 0.25) is 15.9 Å². The standard InChI is InChI=1S/C14H19FN2O3S/c1-10-5-6-13(12(15)8-10)21(19,20)17-7-3-2-4-11(17)9-14(16)18/h5-6,8,11H,2-4,7,9H2,1H3,(H2,16,18)/t11-/m1/s1. The zero-order valence-corrected chi connectivity index (χ0v) is 12.7. The van der Waals surface area contributed by atoms with Gasteiger partial charge in [0.25, 0.3) is 0 Å². The number of nitrogens with zero attached hydrogens (tertiary/aromatic N) is 1. The molecule has 1 amide bonds. The van der Waals surface area contributed by atoms with E-state index in [1.165, 1.54) is 16.4 Å². The molecule has 0 aliphatic carbocycles. The minimum atomic E-state index is -3.95. The smallest absolute Gasteiger partial charge is 0.246 e. The molecule has 2 N–H and O–H groups in total. The molecular formula is C14H19FN2O3S. The van der Waals surface area contributed by atoms with Crippen molar-refractivity contribution in [3.8, 4) is 0 Å². The first-order valence-electron chi connectivity index (χ1n) is 6.88. The van der Waals surface area contributed by atoms with Gasteiger partial charge in [0.05, 0.1) is 0 Å². The molecule has 0 aromatic heterocycles. The van der Waals surface area contributed by atoms with Gasteiger partial charge in [-0.05, 0) is 37.5 Å². The Labute approximate surface area is 124 Å². The third-order valence-corrected chi connectivity index (χ3v) is 5.67. The zero-order valence-electron chi connectivity index (χ0n) is 11.9. The second kappa shape index (κ2) is 6.11. The maximum atomic E-state index is 14.0. The van der Waals surface area contributed by atoms with E-state index in [-0.39, 0.29) is 17.9 Å². The van der Waals surface area contributed by atoms with Crippen LogP contribution in [0, 0.1) is 12.7 Å². The fraction of sp³-hybridized carbons (Fsp3) is 0.500. The Balaban J connectivity index is 2.38. The Kier molecular flexibility index (Phi) is 4.63. The summed E-state index contributed by atoms with van der Waals surface area (Å²) in [6.45, 7) is 1.98. The predicted octanol–water partition coefficient (Wildman–Crippen LogP) is 1.55. The molecular weight excluding hydrogens is 295 g/mol. The number of rotatable bonds is 4. The molecule has 1 fully saturated rings. The first-order valence-corrected chi connectivity index (χ1v) is 8.32. The molecule has 1 saturated heterocycles. The van der Waals surface area contributed by atoms with Crippen molar-refractivity contribution < 1.29 is 17.6 Å². The van der Waals surface area contributed by atoms with Crippen molar-refractivity contribution in [2.75, 3.05) is 6.54 Å². The molecule has 0 bridgehead atoms. The van der Waals surface area contributed by atoms with Gasteiger partial charge < -0.3 is 5.73 Å². The molecule has 1 aliphatic heterocycles. The summed E-state index contributed by atoms with van der Waals surface area (Å²) in [4.78, 5) is 10.8. The summed E-state index contributed by atoms with van der Waals surface area (Å²) in [6, 6.07) is 3.54. The van der Waals surface area contributed by atoms with Crippen molar-refractivity contribution >= 4 is 15.9 Å². The van der Waals surface area contributed by atoms with Gasteiger partial charge in [0.15, 0.2) is 0 Å². The first-order chi connectivity index (χ1) is 9.82. The van der Waals surface area contributed by atoms with Crippen LogP contribution in [0.5, 0.6) is 0 Å². The number of hydrogen-bond acceptors (Lipinski definition) is 3. The quantitative estimate of drug-likeness (QED) is 0.915. The predicted molar refractivity (Wildman–Crippen MR) is 76.5 cm³/mol. The summed E-state index contributed by atoms with van der Waals surface area (Å²) in [7, 11) is -3.95. The number of carbonyl (C=O) groups excluding carboxylic acids is 1. The zero-order chi connectivity index (χ0) is 15.6. The van der Waals surface area contributed by atoms with Gasteiger partial charge in [-0.2, -0.15) is 4.31 Å². The van der Waals surface area contributed by atoms with E-state index in [1.807, 2.05) is 0 Å². The monoisotopic (exact) mass is 314 g/mol. The highest BCUT2D eigenvalue weighted by Gasteiger charge is 2.35. The Bertz CT molecular complexity index is 646. The van der Waals surface area contributed by atoms with Crippen molar-refractivity contribution in [2.24, 2.45) is 5.73 Å². The molecule has 0 spiro atoms. The number of amides is 1. The molecule has 2 rings (SSSR count). The molecule has 1 atom stereocenters. The second-order valence-electron chi connectivity index (χ2n) is 5.37. The number of aryl methyl sites for hydroxylation is 1. The van der Waals surface area contributed by atoms with Crippen LogP contribution in [-0.2, 0) is 14.8 Å². The Morgan fingerprint density at radius 1 is 1.43 bits per heavy atom. The molecule has 1 aliphatic rings. The summed E-state index contributed by atoms with van der Waals surface area (Å²) >= 11 is 0. The maximum absolute atomic E-state index is 14.0. The molecule has 21 heavy (non-hydrogen) atoms.